The van der Waals surface area contributed by atoms with Gasteiger partial charge in [-0.15, -0.1) is 0 Å². The number of imide groups is 1. The maximum Gasteiger partial charge on any atom is 0.326 e. The fraction of sp³-hybridized carbons (Fsp3) is 0.154. The van der Waals surface area contributed by atoms with Crippen LogP contribution >= 0.6 is 23.2 Å². The van der Waals surface area contributed by atoms with Gasteiger partial charge in [0.15, 0.2) is 0 Å². The van der Waals surface area contributed by atoms with Crippen LogP contribution in [0.4, 0.5) is 5.69 Å². The van der Waals surface area contributed by atoms with E-state index in [1.165, 1.54) is 12.1 Å². The highest BCUT2D eigenvalue weighted by Crippen LogP contribution is 2.27. The fourth-order valence-corrected chi connectivity index (χ4v) is 4.51. The van der Waals surface area contributed by atoms with E-state index in [9.17, 15) is 24.3 Å². The Kier molecular flexibility index (Phi) is 6.91. The van der Waals surface area contributed by atoms with Crippen molar-refractivity contribution in [3.63, 3.8) is 0 Å². The number of rotatable bonds is 6. The predicted molar refractivity (Wildman–Crippen MR) is 132 cm³/mol. The molecule has 0 bridgehead atoms. The molecule has 0 fully saturated rings. The van der Waals surface area contributed by atoms with E-state index >= 15 is 0 Å². The smallest absolute Gasteiger partial charge is 0.326 e. The second-order valence-electron chi connectivity index (χ2n) is 8.20. The largest absolute Gasteiger partial charge is 0.480 e. The van der Waals surface area contributed by atoms with Gasteiger partial charge in [0.25, 0.3) is 11.8 Å². The quantitative estimate of drug-likeness (QED) is 0.476. The lowest BCUT2D eigenvalue weighted by molar-refractivity contribution is -0.139. The first-order valence-electron chi connectivity index (χ1n) is 10.7. The molecular formula is C26H20Cl2N2O5. The number of halogens is 2. The Balaban J connectivity index is 1.52. The molecule has 0 aromatic heterocycles. The first kappa shape index (κ1) is 24.4. The molecule has 0 radical (unpaired) electrons. The van der Waals surface area contributed by atoms with Crippen molar-refractivity contribution in [2.75, 3.05) is 4.90 Å². The summed E-state index contributed by atoms with van der Waals surface area (Å²) in [4.78, 5) is 51.2. The van der Waals surface area contributed by atoms with Crippen molar-refractivity contribution in [3.8, 4) is 0 Å². The number of carboxylic acid groups (broad SMARTS) is 1. The molecule has 3 amide bonds. The van der Waals surface area contributed by atoms with Gasteiger partial charge in [0.1, 0.15) is 6.04 Å². The number of amides is 3. The van der Waals surface area contributed by atoms with Gasteiger partial charge in [-0.2, -0.15) is 0 Å². The summed E-state index contributed by atoms with van der Waals surface area (Å²) in [6.45, 7) is 1.88. The molecule has 2 N–H and O–H groups in total. The van der Waals surface area contributed by atoms with E-state index in [0.29, 0.717) is 22.4 Å². The van der Waals surface area contributed by atoms with Gasteiger partial charge < -0.3 is 10.4 Å². The summed E-state index contributed by atoms with van der Waals surface area (Å²) in [5, 5.41) is 12.3. The van der Waals surface area contributed by atoms with E-state index in [-0.39, 0.29) is 34.4 Å². The van der Waals surface area contributed by atoms with Crippen molar-refractivity contribution in [1.82, 2.24) is 5.32 Å². The van der Waals surface area contributed by atoms with Crippen LogP contribution in [0.1, 0.15) is 37.4 Å². The molecular weight excluding hydrogens is 491 g/mol. The lowest BCUT2D eigenvalue weighted by Crippen LogP contribution is -2.43. The minimum atomic E-state index is -1.26. The lowest BCUT2D eigenvalue weighted by Gasteiger charge is -2.27. The third-order valence-corrected chi connectivity index (χ3v) is 6.35. The summed E-state index contributed by atoms with van der Waals surface area (Å²) < 4.78 is 0. The lowest BCUT2D eigenvalue weighted by atomic mass is 9.96. The van der Waals surface area contributed by atoms with E-state index in [2.05, 4.69) is 5.32 Å². The Bertz CT molecular complexity index is 1330. The third kappa shape index (κ3) is 5.06. The van der Waals surface area contributed by atoms with E-state index in [1.54, 1.807) is 42.5 Å². The molecule has 1 aliphatic rings. The summed E-state index contributed by atoms with van der Waals surface area (Å²) >= 11 is 12.1. The number of anilines is 1. The number of carbonyl (C=O) groups is 4. The molecule has 4 rings (SSSR count). The van der Waals surface area contributed by atoms with Crippen molar-refractivity contribution in [2.24, 2.45) is 0 Å². The molecule has 35 heavy (non-hydrogen) atoms. The molecule has 3 aromatic rings. The van der Waals surface area contributed by atoms with Crippen LogP contribution in [0, 0.1) is 6.92 Å². The van der Waals surface area contributed by atoms with Gasteiger partial charge in [-0.3, -0.25) is 14.4 Å². The van der Waals surface area contributed by atoms with Crippen LogP contribution in [0.3, 0.4) is 0 Å². The standard InChI is InChI=1S/C26H20Cl2N2O5/c1-14-5-8-16-13-22(31)30(25(33)18(16)11-14)17-9-6-15(7-10-17)12-21(26(34)35)29-24(32)23-19(27)3-2-4-20(23)28/h2-11,21H,12-13H2,1H3,(H,29,32)(H,34,35)/t21-/m0/s1. The number of fused-ring (bicyclic) bond motifs is 1. The van der Waals surface area contributed by atoms with Crippen molar-refractivity contribution < 1.29 is 24.3 Å². The van der Waals surface area contributed by atoms with Crippen molar-refractivity contribution in [3.05, 3.63) is 98.5 Å². The van der Waals surface area contributed by atoms with Gasteiger partial charge in [0.2, 0.25) is 5.91 Å². The topological polar surface area (TPSA) is 104 Å². The highest BCUT2D eigenvalue weighted by molar-refractivity contribution is 6.39. The van der Waals surface area contributed by atoms with Crippen LogP contribution < -0.4 is 10.2 Å². The molecule has 9 heteroatoms. The number of carboxylic acids is 1. The number of aliphatic carboxylic acids is 1. The van der Waals surface area contributed by atoms with E-state index < -0.39 is 23.8 Å². The fourth-order valence-electron chi connectivity index (χ4n) is 3.94. The molecule has 0 unspecified atom stereocenters. The van der Waals surface area contributed by atoms with E-state index in [1.807, 2.05) is 13.0 Å². The Morgan fingerprint density at radius 2 is 1.69 bits per heavy atom. The van der Waals surface area contributed by atoms with Crippen molar-refractivity contribution in [1.29, 1.82) is 0 Å². The van der Waals surface area contributed by atoms with Gasteiger partial charge in [-0.05, 0) is 48.4 Å². The molecule has 0 aliphatic carbocycles. The average molecular weight is 511 g/mol. The molecule has 7 nitrogen and oxygen atoms in total. The molecule has 178 valence electrons. The number of hydrogen-bond donors (Lipinski definition) is 2. The highest BCUT2D eigenvalue weighted by Gasteiger charge is 2.32. The number of carbonyl (C=O) groups excluding carboxylic acids is 3. The minimum Gasteiger partial charge on any atom is -0.480 e. The Labute approximate surface area is 211 Å². The average Bonchev–Trinajstić information content (AvgIpc) is 2.80. The van der Waals surface area contributed by atoms with Crippen LogP contribution in [0.15, 0.2) is 60.7 Å². The first-order valence-corrected chi connectivity index (χ1v) is 11.4. The minimum absolute atomic E-state index is 0.00456. The van der Waals surface area contributed by atoms with Gasteiger partial charge in [-0.1, -0.05) is 59.1 Å². The maximum absolute atomic E-state index is 13.0. The van der Waals surface area contributed by atoms with Crippen LogP contribution in [-0.4, -0.2) is 34.8 Å². The molecule has 0 saturated carbocycles. The molecule has 0 saturated heterocycles. The van der Waals surface area contributed by atoms with Crippen molar-refractivity contribution in [2.45, 2.75) is 25.8 Å². The summed E-state index contributed by atoms with van der Waals surface area (Å²) in [5.41, 5.74) is 3.06. The van der Waals surface area contributed by atoms with Gasteiger partial charge in [-0.25, -0.2) is 9.69 Å². The normalized spacial score (nSPS) is 13.9. The van der Waals surface area contributed by atoms with Crippen LogP contribution in [0.5, 0.6) is 0 Å². The monoisotopic (exact) mass is 510 g/mol. The maximum atomic E-state index is 13.0. The first-order chi connectivity index (χ1) is 16.7. The molecule has 1 atom stereocenters. The number of nitrogens with zero attached hydrogens (tertiary/aromatic N) is 1. The highest BCUT2D eigenvalue weighted by atomic mass is 35.5. The molecule has 0 spiro atoms. The van der Waals surface area contributed by atoms with Gasteiger partial charge in [0.05, 0.1) is 27.7 Å². The second-order valence-corrected chi connectivity index (χ2v) is 9.02. The Morgan fingerprint density at radius 1 is 1.03 bits per heavy atom. The van der Waals surface area contributed by atoms with E-state index in [4.69, 9.17) is 23.2 Å². The second kappa shape index (κ2) is 9.90. The van der Waals surface area contributed by atoms with Crippen LogP contribution in [0.2, 0.25) is 10.0 Å². The molecule has 1 aliphatic heterocycles. The summed E-state index contributed by atoms with van der Waals surface area (Å²) in [6, 6.07) is 15.1. The molecule has 1 heterocycles. The van der Waals surface area contributed by atoms with Crippen LogP contribution in [-0.2, 0) is 22.4 Å². The third-order valence-electron chi connectivity index (χ3n) is 5.72. The predicted octanol–water partition coefficient (Wildman–Crippen LogP) is 4.46. The summed E-state index contributed by atoms with van der Waals surface area (Å²) in [5.74, 6) is -2.69. The zero-order valence-corrected chi connectivity index (χ0v) is 20.1. The number of hydrogen-bond acceptors (Lipinski definition) is 4. The summed E-state index contributed by atoms with van der Waals surface area (Å²) in [7, 11) is 0. The van der Waals surface area contributed by atoms with Crippen LogP contribution in [0.25, 0.3) is 0 Å². The van der Waals surface area contributed by atoms with Gasteiger partial charge in [0, 0.05) is 12.0 Å². The summed E-state index contributed by atoms with van der Waals surface area (Å²) in [6.07, 6.45) is 0.0776. The van der Waals surface area contributed by atoms with E-state index in [0.717, 1.165) is 10.5 Å². The Hall–Kier alpha value is -3.68. The number of benzene rings is 3. The zero-order chi connectivity index (χ0) is 25.3. The number of nitrogens with one attached hydrogen (secondary N) is 1. The van der Waals surface area contributed by atoms with Crippen molar-refractivity contribution >= 4 is 52.6 Å². The molecule has 3 aromatic carbocycles. The SMILES string of the molecule is Cc1ccc2c(c1)C(=O)N(c1ccc(C[C@H](NC(=O)c3c(Cl)cccc3Cl)C(=O)O)cc1)C(=O)C2. The number of aryl methyl sites for hydroxylation is 1. The zero-order valence-electron chi connectivity index (χ0n) is 18.5. The van der Waals surface area contributed by atoms with Gasteiger partial charge >= 0.3 is 5.97 Å². The Morgan fingerprint density at radius 3 is 2.31 bits per heavy atom.